The number of carbonyl (C=O) groups excluding carboxylic acids is 1. The van der Waals surface area contributed by atoms with Gasteiger partial charge in [0.05, 0.1) is 0 Å². The molecule has 1 aromatic carbocycles. The molecule has 1 aromatic rings. The number of carbonyl (C=O) groups is 1. The quantitative estimate of drug-likeness (QED) is 0.737. The van der Waals surface area contributed by atoms with E-state index >= 15 is 0 Å². The maximum Gasteiger partial charge on any atom is 0.219 e. The summed E-state index contributed by atoms with van der Waals surface area (Å²) in [6.07, 6.45) is 5.66. The van der Waals surface area contributed by atoms with E-state index in [-0.39, 0.29) is 5.12 Å². The maximum atomic E-state index is 11.6. The van der Waals surface area contributed by atoms with Crippen molar-refractivity contribution in [2.24, 2.45) is 0 Å². The van der Waals surface area contributed by atoms with Crippen molar-refractivity contribution in [3.8, 4) is 0 Å². The van der Waals surface area contributed by atoms with E-state index < -0.39 is 0 Å². The van der Waals surface area contributed by atoms with Gasteiger partial charge in [-0.05, 0) is 30.6 Å². The molecule has 0 radical (unpaired) electrons. The maximum absolute atomic E-state index is 11.6. The summed E-state index contributed by atoms with van der Waals surface area (Å²) in [5.41, 5.74) is 2.18. The van der Waals surface area contributed by atoms with Crippen LogP contribution in [-0.4, -0.2) is 11.4 Å². The highest BCUT2D eigenvalue weighted by molar-refractivity contribution is 8.13. The average molecular weight is 206 g/mol. The fourth-order valence-corrected chi connectivity index (χ4v) is 2.27. The number of benzene rings is 1. The van der Waals surface area contributed by atoms with Crippen LogP contribution in [0.2, 0.25) is 0 Å². The van der Waals surface area contributed by atoms with Gasteiger partial charge in [0.2, 0.25) is 5.12 Å². The van der Waals surface area contributed by atoms with Gasteiger partial charge in [-0.1, -0.05) is 42.4 Å². The Morgan fingerprint density at radius 1 is 1.36 bits per heavy atom. The van der Waals surface area contributed by atoms with E-state index in [1.807, 2.05) is 24.5 Å². The molecule has 0 heterocycles. The molecule has 14 heavy (non-hydrogen) atoms. The van der Waals surface area contributed by atoms with Crippen molar-refractivity contribution in [2.45, 2.75) is 25.2 Å². The summed E-state index contributed by atoms with van der Waals surface area (Å²) in [7, 11) is 0. The summed E-state index contributed by atoms with van der Waals surface area (Å²) in [5, 5.41) is 0.201. The predicted octanol–water partition coefficient (Wildman–Crippen LogP) is 3.46. The summed E-state index contributed by atoms with van der Waals surface area (Å²) in [6.45, 7) is 0. The standard InChI is InChI=1S/C12H14OS/c1-14-12(13)11-8-3-2-7-10(11)9-5-4-6-9/h2-3,7-9H,4-6H2,1H3. The van der Waals surface area contributed by atoms with Crippen LogP contribution in [0.15, 0.2) is 24.3 Å². The van der Waals surface area contributed by atoms with Gasteiger partial charge in [-0.25, -0.2) is 0 Å². The van der Waals surface area contributed by atoms with Crippen molar-refractivity contribution in [3.63, 3.8) is 0 Å². The Kier molecular flexibility index (Phi) is 2.92. The van der Waals surface area contributed by atoms with Crippen LogP contribution in [0, 0.1) is 0 Å². The first-order chi connectivity index (χ1) is 6.83. The zero-order chi connectivity index (χ0) is 9.97. The molecule has 0 saturated heterocycles. The number of hydrogen-bond donors (Lipinski definition) is 0. The van der Waals surface area contributed by atoms with E-state index in [0.717, 1.165) is 5.56 Å². The van der Waals surface area contributed by atoms with Crippen LogP contribution in [0.5, 0.6) is 0 Å². The van der Waals surface area contributed by atoms with Crippen LogP contribution in [0.4, 0.5) is 0 Å². The number of hydrogen-bond acceptors (Lipinski definition) is 2. The van der Waals surface area contributed by atoms with Crippen molar-refractivity contribution in [3.05, 3.63) is 35.4 Å². The van der Waals surface area contributed by atoms with Gasteiger partial charge in [-0.15, -0.1) is 0 Å². The highest BCUT2D eigenvalue weighted by atomic mass is 32.2. The van der Waals surface area contributed by atoms with Crippen LogP contribution in [-0.2, 0) is 0 Å². The smallest absolute Gasteiger partial charge is 0.219 e. The zero-order valence-electron chi connectivity index (χ0n) is 8.32. The highest BCUT2D eigenvalue weighted by Gasteiger charge is 2.23. The van der Waals surface area contributed by atoms with E-state index in [9.17, 15) is 4.79 Å². The monoisotopic (exact) mass is 206 g/mol. The zero-order valence-corrected chi connectivity index (χ0v) is 9.14. The van der Waals surface area contributed by atoms with E-state index in [1.54, 1.807) is 0 Å². The first-order valence-electron chi connectivity index (χ1n) is 5.00. The van der Waals surface area contributed by atoms with Gasteiger partial charge >= 0.3 is 0 Å². The Morgan fingerprint density at radius 3 is 2.64 bits per heavy atom. The molecule has 1 nitrogen and oxygen atoms in total. The first kappa shape index (κ1) is 9.78. The molecule has 1 fully saturated rings. The van der Waals surface area contributed by atoms with Gasteiger partial charge in [-0.3, -0.25) is 4.79 Å². The molecule has 0 unspecified atom stereocenters. The third kappa shape index (κ3) is 1.71. The lowest BCUT2D eigenvalue weighted by molar-refractivity contribution is 0.108. The lowest BCUT2D eigenvalue weighted by Crippen LogP contribution is -2.12. The van der Waals surface area contributed by atoms with E-state index in [0.29, 0.717) is 5.92 Å². The SMILES string of the molecule is CSC(=O)c1ccccc1C1CCC1. The summed E-state index contributed by atoms with van der Waals surface area (Å²) in [6, 6.07) is 8.04. The van der Waals surface area contributed by atoms with Crippen LogP contribution >= 0.6 is 11.8 Å². The molecule has 1 aliphatic rings. The molecule has 74 valence electrons. The molecule has 2 rings (SSSR count). The van der Waals surface area contributed by atoms with E-state index in [2.05, 4.69) is 6.07 Å². The minimum Gasteiger partial charge on any atom is -0.282 e. The predicted molar refractivity (Wildman–Crippen MR) is 60.9 cm³/mol. The van der Waals surface area contributed by atoms with Gasteiger partial charge < -0.3 is 0 Å². The van der Waals surface area contributed by atoms with Crippen LogP contribution in [0.1, 0.15) is 41.1 Å². The third-order valence-corrected chi connectivity index (χ3v) is 3.50. The van der Waals surface area contributed by atoms with Crippen molar-refractivity contribution >= 4 is 16.9 Å². The Hall–Kier alpha value is -0.760. The third-order valence-electron chi connectivity index (χ3n) is 2.91. The second-order valence-electron chi connectivity index (χ2n) is 3.71. The van der Waals surface area contributed by atoms with E-state index in [4.69, 9.17) is 0 Å². The molecule has 0 N–H and O–H groups in total. The Bertz CT molecular complexity index is 342. The number of thioether (sulfide) groups is 1. The fourth-order valence-electron chi connectivity index (χ4n) is 1.87. The molecule has 0 spiro atoms. The first-order valence-corrected chi connectivity index (χ1v) is 6.22. The Balaban J connectivity index is 2.32. The Morgan fingerprint density at radius 2 is 2.07 bits per heavy atom. The Labute approximate surface area is 88.9 Å². The van der Waals surface area contributed by atoms with E-state index in [1.165, 1.54) is 36.6 Å². The van der Waals surface area contributed by atoms with Crippen LogP contribution < -0.4 is 0 Å². The largest absolute Gasteiger partial charge is 0.282 e. The minimum absolute atomic E-state index is 0.201. The fraction of sp³-hybridized carbons (Fsp3) is 0.417. The average Bonchev–Trinajstić information content (AvgIpc) is 2.15. The molecule has 0 aromatic heterocycles. The van der Waals surface area contributed by atoms with Crippen molar-refractivity contribution in [1.29, 1.82) is 0 Å². The van der Waals surface area contributed by atoms with Crippen molar-refractivity contribution in [1.82, 2.24) is 0 Å². The molecule has 0 bridgehead atoms. The topological polar surface area (TPSA) is 17.1 Å². The lowest BCUT2D eigenvalue weighted by Gasteiger charge is -2.27. The van der Waals surface area contributed by atoms with Gasteiger partial charge in [0, 0.05) is 5.56 Å². The molecule has 0 atom stereocenters. The van der Waals surface area contributed by atoms with Crippen LogP contribution in [0.3, 0.4) is 0 Å². The molecule has 1 saturated carbocycles. The lowest BCUT2D eigenvalue weighted by atomic mass is 9.78. The summed E-state index contributed by atoms with van der Waals surface area (Å²) < 4.78 is 0. The second kappa shape index (κ2) is 4.18. The van der Waals surface area contributed by atoms with Gasteiger partial charge in [-0.2, -0.15) is 0 Å². The summed E-state index contributed by atoms with van der Waals surface area (Å²) >= 11 is 1.31. The summed E-state index contributed by atoms with van der Waals surface area (Å²) in [4.78, 5) is 11.6. The van der Waals surface area contributed by atoms with Crippen molar-refractivity contribution in [2.75, 3.05) is 6.26 Å². The van der Waals surface area contributed by atoms with Crippen LogP contribution in [0.25, 0.3) is 0 Å². The second-order valence-corrected chi connectivity index (χ2v) is 4.49. The van der Waals surface area contributed by atoms with Gasteiger partial charge in [0.15, 0.2) is 0 Å². The molecule has 2 heteroatoms. The summed E-state index contributed by atoms with van der Waals surface area (Å²) in [5.74, 6) is 0.641. The molecular formula is C12H14OS. The molecular weight excluding hydrogens is 192 g/mol. The molecule has 0 aliphatic heterocycles. The molecule has 0 amide bonds. The minimum atomic E-state index is 0.201. The molecule has 1 aliphatic carbocycles. The number of rotatable bonds is 2. The van der Waals surface area contributed by atoms with Gasteiger partial charge in [0.25, 0.3) is 0 Å². The van der Waals surface area contributed by atoms with Gasteiger partial charge in [0.1, 0.15) is 0 Å². The normalized spacial score (nSPS) is 16.4. The highest BCUT2D eigenvalue weighted by Crippen LogP contribution is 2.38. The van der Waals surface area contributed by atoms with Crippen molar-refractivity contribution < 1.29 is 4.79 Å².